The minimum Gasteiger partial charge on any atom is -0.348 e. The van der Waals surface area contributed by atoms with Gasteiger partial charge in [0.2, 0.25) is 0 Å². The van der Waals surface area contributed by atoms with Gasteiger partial charge in [0.25, 0.3) is 5.91 Å². The first kappa shape index (κ1) is 17.7. The number of rotatable bonds is 4. The Kier molecular flexibility index (Phi) is 4.90. The highest BCUT2D eigenvalue weighted by Gasteiger charge is 2.25. The van der Waals surface area contributed by atoms with Crippen molar-refractivity contribution >= 4 is 11.6 Å². The molecule has 3 aromatic rings. The number of carbonyl (C=O) groups excluding carboxylic acids is 1. The van der Waals surface area contributed by atoms with Crippen LogP contribution in [0.3, 0.4) is 0 Å². The standard InChI is InChI=1S/C21H25N5O/c1-15-4-3-5-20-24-19(14-26(15)20)21(27)23-18-8-12-25(13-9-18)16(2)17-6-10-22-11-7-17/h3-7,10-11,14,16,18H,8-9,12-13H2,1-2H3,(H,23,27)/t16-/m1/s1. The third-order valence-electron chi connectivity index (χ3n) is 5.53. The van der Waals surface area contributed by atoms with Crippen LogP contribution in [0.25, 0.3) is 5.65 Å². The quantitative estimate of drug-likeness (QED) is 0.774. The average Bonchev–Trinajstić information content (AvgIpc) is 3.15. The summed E-state index contributed by atoms with van der Waals surface area (Å²) in [5, 5.41) is 3.16. The number of amides is 1. The van der Waals surface area contributed by atoms with E-state index in [0.29, 0.717) is 11.7 Å². The highest BCUT2D eigenvalue weighted by Crippen LogP contribution is 2.23. The van der Waals surface area contributed by atoms with Crippen LogP contribution in [0.5, 0.6) is 0 Å². The summed E-state index contributed by atoms with van der Waals surface area (Å²) in [6.45, 7) is 6.18. The predicted octanol–water partition coefficient (Wildman–Crippen LogP) is 2.99. The zero-order chi connectivity index (χ0) is 18.8. The molecule has 1 aliphatic rings. The van der Waals surface area contributed by atoms with Crippen LogP contribution in [-0.2, 0) is 0 Å². The molecule has 6 heteroatoms. The number of likely N-dealkylation sites (tertiary alicyclic amines) is 1. The number of pyridine rings is 2. The van der Waals surface area contributed by atoms with Gasteiger partial charge < -0.3 is 9.72 Å². The van der Waals surface area contributed by atoms with Crippen molar-refractivity contribution in [2.45, 2.75) is 38.8 Å². The zero-order valence-corrected chi connectivity index (χ0v) is 15.8. The van der Waals surface area contributed by atoms with Crippen LogP contribution in [0.4, 0.5) is 0 Å². The molecular formula is C21H25N5O. The maximum atomic E-state index is 12.6. The Labute approximate surface area is 159 Å². The van der Waals surface area contributed by atoms with Gasteiger partial charge in [0, 0.05) is 49.5 Å². The summed E-state index contributed by atoms with van der Waals surface area (Å²) in [4.78, 5) is 23.6. The summed E-state index contributed by atoms with van der Waals surface area (Å²) in [5.74, 6) is -0.0845. The molecule has 4 rings (SSSR count). The van der Waals surface area contributed by atoms with Gasteiger partial charge in [-0.15, -0.1) is 0 Å². The van der Waals surface area contributed by atoms with Crippen molar-refractivity contribution in [3.05, 3.63) is 65.9 Å². The molecular weight excluding hydrogens is 338 g/mol. The molecule has 140 valence electrons. The Morgan fingerprint density at radius 2 is 1.93 bits per heavy atom. The third kappa shape index (κ3) is 3.71. The van der Waals surface area contributed by atoms with Crippen molar-refractivity contribution in [2.24, 2.45) is 0 Å². The van der Waals surface area contributed by atoms with Crippen LogP contribution in [0.2, 0.25) is 0 Å². The maximum Gasteiger partial charge on any atom is 0.271 e. The van der Waals surface area contributed by atoms with E-state index in [1.807, 2.05) is 48.1 Å². The van der Waals surface area contributed by atoms with Gasteiger partial charge in [0.15, 0.2) is 0 Å². The minimum atomic E-state index is -0.0845. The SMILES string of the molecule is Cc1cccc2nc(C(=O)NC3CCN([C@H](C)c4ccncc4)CC3)cn12. The van der Waals surface area contributed by atoms with E-state index in [1.165, 1.54) is 5.56 Å². The minimum absolute atomic E-state index is 0.0845. The van der Waals surface area contributed by atoms with Crippen molar-refractivity contribution in [2.75, 3.05) is 13.1 Å². The molecule has 0 radical (unpaired) electrons. The number of aryl methyl sites for hydroxylation is 1. The van der Waals surface area contributed by atoms with Gasteiger partial charge in [0.1, 0.15) is 11.3 Å². The molecule has 4 heterocycles. The molecule has 0 saturated carbocycles. The highest BCUT2D eigenvalue weighted by molar-refractivity contribution is 5.93. The molecule has 1 amide bonds. The number of nitrogens with zero attached hydrogens (tertiary/aromatic N) is 4. The second-order valence-electron chi connectivity index (χ2n) is 7.26. The predicted molar refractivity (Wildman–Crippen MR) is 105 cm³/mol. The van der Waals surface area contributed by atoms with E-state index >= 15 is 0 Å². The van der Waals surface area contributed by atoms with E-state index in [0.717, 1.165) is 37.3 Å². The second-order valence-corrected chi connectivity index (χ2v) is 7.26. The molecule has 1 aliphatic heterocycles. The van der Waals surface area contributed by atoms with Gasteiger partial charge in [-0.1, -0.05) is 6.07 Å². The molecule has 0 unspecified atom stereocenters. The molecule has 1 saturated heterocycles. The monoisotopic (exact) mass is 363 g/mol. The molecule has 0 bridgehead atoms. The van der Waals surface area contributed by atoms with Gasteiger partial charge in [0.05, 0.1) is 0 Å². The van der Waals surface area contributed by atoms with E-state index in [9.17, 15) is 4.79 Å². The summed E-state index contributed by atoms with van der Waals surface area (Å²) in [7, 11) is 0. The van der Waals surface area contributed by atoms with Crippen LogP contribution < -0.4 is 5.32 Å². The van der Waals surface area contributed by atoms with Gasteiger partial charge in [-0.05, 0) is 56.5 Å². The van der Waals surface area contributed by atoms with E-state index < -0.39 is 0 Å². The second kappa shape index (κ2) is 7.48. The summed E-state index contributed by atoms with van der Waals surface area (Å²) in [6.07, 6.45) is 7.41. The van der Waals surface area contributed by atoms with Crippen molar-refractivity contribution in [3.8, 4) is 0 Å². The number of fused-ring (bicyclic) bond motifs is 1. The van der Waals surface area contributed by atoms with Gasteiger partial charge in [-0.25, -0.2) is 4.98 Å². The molecule has 27 heavy (non-hydrogen) atoms. The number of imidazole rings is 1. The topological polar surface area (TPSA) is 62.5 Å². The molecule has 1 N–H and O–H groups in total. The average molecular weight is 363 g/mol. The van der Waals surface area contributed by atoms with Crippen molar-refractivity contribution < 1.29 is 4.79 Å². The number of hydrogen-bond donors (Lipinski definition) is 1. The Balaban J connectivity index is 1.36. The molecule has 0 aromatic carbocycles. The largest absolute Gasteiger partial charge is 0.348 e. The first-order valence-corrected chi connectivity index (χ1v) is 9.51. The number of hydrogen-bond acceptors (Lipinski definition) is 4. The fourth-order valence-corrected chi connectivity index (χ4v) is 3.80. The summed E-state index contributed by atoms with van der Waals surface area (Å²) in [6, 6.07) is 10.6. The Bertz CT molecular complexity index is 928. The third-order valence-corrected chi connectivity index (χ3v) is 5.53. The number of nitrogens with one attached hydrogen (secondary N) is 1. The lowest BCUT2D eigenvalue weighted by Gasteiger charge is -2.36. The maximum absolute atomic E-state index is 12.6. The molecule has 1 fully saturated rings. The highest BCUT2D eigenvalue weighted by atomic mass is 16.2. The van der Waals surface area contributed by atoms with E-state index in [2.05, 4.69) is 39.2 Å². The Morgan fingerprint density at radius 1 is 1.19 bits per heavy atom. The van der Waals surface area contributed by atoms with E-state index in [4.69, 9.17) is 0 Å². The lowest BCUT2D eigenvalue weighted by atomic mass is 10.0. The number of piperidine rings is 1. The molecule has 3 aromatic heterocycles. The van der Waals surface area contributed by atoms with Crippen molar-refractivity contribution in [1.82, 2.24) is 24.6 Å². The first-order valence-electron chi connectivity index (χ1n) is 9.51. The molecule has 6 nitrogen and oxygen atoms in total. The molecule has 0 spiro atoms. The zero-order valence-electron chi connectivity index (χ0n) is 15.8. The summed E-state index contributed by atoms with van der Waals surface area (Å²) < 4.78 is 1.95. The Hall–Kier alpha value is -2.73. The van der Waals surface area contributed by atoms with Crippen LogP contribution in [-0.4, -0.2) is 44.3 Å². The molecule has 1 atom stereocenters. The number of aromatic nitrogens is 3. The van der Waals surface area contributed by atoms with Crippen molar-refractivity contribution in [3.63, 3.8) is 0 Å². The fraction of sp³-hybridized carbons (Fsp3) is 0.381. The van der Waals surface area contributed by atoms with Crippen LogP contribution in [0, 0.1) is 6.92 Å². The van der Waals surface area contributed by atoms with E-state index in [1.54, 1.807) is 0 Å². The number of carbonyl (C=O) groups is 1. The van der Waals surface area contributed by atoms with Gasteiger partial charge in [-0.2, -0.15) is 0 Å². The normalized spacial score (nSPS) is 17.1. The van der Waals surface area contributed by atoms with Crippen LogP contribution in [0.1, 0.15) is 47.6 Å². The van der Waals surface area contributed by atoms with Crippen LogP contribution >= 0.6 is 0 Å². The van der Waals surface area contributed by atoms with E-state index in [-0.39, 0.29) is 11.9 Å². The lowest BCUT2D eigenvalue weighted by molar-refractivity contribution is 0.0891. The van der Waals surface area contributed by atoms with Gasteiger partial charge in [-0.3, -0.25) is 14.7 Å². The van der Waals surface area contributed by atoms with Gasteiger partial charge >= 0.3 is 0 Å². The molecule has 0 aliphatic carbocycles. The van der Waals surface area contributed by atoms with Crippen molar-refractivity contribution in [1.29, 1.82) is 0 Å². The lowest BCUT2D eigenvalue weighted by Crippen LogP contribution is -2.45. The fourth-order valence-electron chi connectivity index (χ4n) is 3.80. The summed E-state index contributed by atoms with van der Waals surface area (Å²) in [5.41, 5.74) is 3.64. The summed E-state index contributed by atoms with van der Waals surface area (Å²) >= 11 is 0. The smallest absolute Gasteiger partial charge is 0.271 e. The Morgan fingerprint density at radius 3 is 2.63 bits per heavy atom. The van der Waals surface area contributed by atoms with Crippen LogP contribution in [0.15, 0.2) is 48.9 Å². The first-order chi connectivity index (χ1) is 13.1.